The van der Waals surface area contributed by atoms with Crippen LogP contribution in [0.5, 0.6) is 0 Å². The monoisotopic (exact) mass is 296 g/mol. The number of nitro benzene ring substituents is 1. The Kier molecular flexibility index (Phi) is 3.82. The van der Waals surface area contributed by atoms with Crippen molar-refractivity contribution in [1.29, 1.82) is 0 Å². The number of nitrogens with zero attached hydrogens (tertiary/aromatic N) is 1. The number of nitro groups is 1. The molecule has 2 aromatic rings. The van der Waals surface area contributed by atoms with E-state index < -0.39 is 4.92 Å². The van der Waals surface area contributed by atoms with Crippen molar-refractivity contribution < 1.29 is 9.72 Å². The molecule has 0 aliphatic heterocycles. The maximum absolute atomic E-state index is 11.9. The smallest absolute Gasteiger partial charge is 0.274 e. The van der Waals surface area contributed by atoms with Gasteiger partial charge in [-0.05, 0) is 25.1 Å². The number of benzene rings is 1. The van der Waals surface area contributed by atoms with Crippen molar-refractivity contribution in [2.24, 2.45) is 0 Å². The number of nitrogens with one attached hydrogen (secondary N) is 1. The molecule has 5 nitrogen and oxygen atoms in total. The van der Waals surface area contributed by atoms with E-state index in [0.717, 1.165) is 11.3 Å². The number of hydrogen-bond donors (Lipinski definition) is 1. The minimum absolute atomic E-state index is 0.0259. The third kappa shape index (κ3) is 2.91. The molecule has 0 aliphatic rings. The van der Waals surface area contributed by atoms with Gasteiger partial charge in [0.1, 0.15) is 0 Å². The second kappa shape index (κ2) is 5.38. The van der Waals surface area contributed by atoms with E-state index in [9.17, 15) is 14.9 Å². The molecule has 2 rings (SSSR count). The fourth-order valence-corrected chi connectivity index (χ4v) is 2.52. The van der Waals surface area contributed by atoms with Gasteiger partial charge in [-0.1, -0.05) is 17.7 Å². The minimum Gasteiger partial charge on any atom is -0.321 e. The zero-order valence-corrected chi connectivity index (χ0v) is 11.4. The molecule has 19 heavy (non-hydrogen) atoms. The van der Waals surface area contributed by atoms with Gasteiger partial charge < -0.3 is 5.32 Å². The molecule has 0 saturated heterocycles. The van der Waals surface area contributed by atoms with Gasteiger partial charge in [-0.15, -0.1) is 11.3 Å². The lowest BCUT2D eigenvalue weighted by molar-refractivity contribution is -0.385. The van der Waals surface area contributed by atoms with Gasteiger partial charge in [-0.3, -0.25) is 14.9 Å². The lowest BCUT2D eigenvalue weighted by Gasteiger charge is -2.07. The molecule has 1 aromatic carbocycles. The largest absolute Gasteiger partial charge is 0.321 e. The SMILES string of the molecule is Cc1c(NC(=O)c2ccc(Cl)s2)cccc1[N+](=O)[O-]. The molecule has 0 saturated carbocycles. The van der Waals surface area contributed by atoms with Crippen LogP contribution in [0.4, 0.5) is 11.4 Å². The topological polar surface area (TPSA) is 72.2 Å². The Morgan fingerprint density at radius 1 is 1.37 bits per heavy atom. The Bertz CT molecular complexity index is 654. The van der Waals surface area contributed by atoms with E-state index in [1.165, 1.54) is 12.1 Å². The van der Waals surface area contributed by atoms with Crippen molar-refractivity contribution in [3.63, 3.8) is 0 Å². The zero-order chi connectivity index (χ0) is 14.0. The first-order valence-corrected chi connectivity index (χ1v) is 6.49. The van der Waals surface area contributed by atoms with Crippen molar-refractivity contribution in [3.8, 4) is 0 Å². The van der Waals surface area contributed by atoms with Gasteiger partial charge in [0.25, 0.3) is 11.6 Å². The molecule has 0 aliphatic carbocycles. The van der Waals surface area contributed by atoms with Crippen molar-refractivity contribution in [3.05, 3.63) is 55.2 Å². The van der Waals surface area contributed by atoms with Crippen molar-refractivity contribution in [2.45, 2.75) is 6.92 Å². The Balaban J connectivity index is 2.27. The third-order valence-electron chi connectivity index (χ3n) is 2.55. The molecule has 1 N–H and O–H groups in total. The van der Waals surface area contributed by atoms with Gasteiger partial charge in [-0.25, -0.2) is 0 Å². The standard InChI is InChI=1S/C12H9ClN2O3S/c1-7-8(3-2-4-9(7)15(17)18)14-12(16)10-5-6-11(13)19-10/h2-6H,1H3,(H,14,16). The summed E-state index contributed by atoms with van der Waals surface area (Å²) in [6.45, 7) is 1.59. The summed E-state index contributed by atoms with van der Waals surface area (Å²) in [7, 11) is 0. The number of thiophene rings is 1. The predicted octanol–water partition coefficient (Wildman–Crippen LogP) is 3.87. The molecule has 0 bridgehead atoms. The molecule has 0 spiro atoms. The van der Waals surface area contributed by atoms with Gasteiger partial charge in [0, 0.05) is 6.07 Å². The first kappa shape index (κ1) is 13.5. The number of carbonyl (C=O) groups is 1. The molecular weight excluding hydrogens is 288 g/mol. The summed E-state index contributed by atoms with van der Waals surface area (Å²) in [6.07, 6.45) is 0. The molecular formula is C12H9ClN2O3S. The molecule has 0 atom stereocenters. The molecule has 98 valence electrons. The van der Waals surface area contributed by atoms with Gasteiger partial charge in [0.05, 0.1) is 25.4 Å². The quantitative estimate of drug-likeness (QED) is 0.690. The van der Waals surface area contributed by atoms with E-state index in [1.807, 2.05) is 0 Å². The normalized spacial score (nSPS) is 10.2. The van der Waals surface area contributed by atoms with E-state index >= 15 is 0 Å². The van der Waals surface area contributed by atoms with E-state index in [4.69, 9.17) is 11.6 Å². The number of anilines is 1. The van der Waals surface area contributed by atoms with Crippen LogP contribution in [0.3, 0.4) is 0 Å². The number of carbonyl (C=O) groups excluding carboxylic acids is 1. The van der Waals surface area contributed by atoms with Crippen LogP contribution in [0.15, 0.2) is 30.3 Å². The Labute approximate surface area is 118 Å². The van der Waals surface area contributed by atoms with Crippen LogP contribution in [0.25, 0.3) is 0 Å². The number of amides is 1. The van der Waals surface area contributed by atoms with Crippen LogP contribution in [0.2, 0.25) is 4.34 Å². The lowest BCUT2D eigenvalue weighted by Crippen LogP contribution is -2.11. The van der Waals surface area contributed by atoms with Crippen LogP contribution < -0.4 is 5.32 Å². The van der Waals surface area contributed by atoms with Crippen LogP contribution in [0.1, 0.15) is 15.2 Å². The molecule has 1 heterocycles. The second-order valence-electron chi connectivity index (χ2n) is 3.76. The van der Waals surface area contributed by atoms with Gasteiger partial charge in [0.2, 0.25) is 0 Å². The summed E-state index contributed by atoms with van der Waals surface area (Å²) in [5.74, 6) is -0.333. The molecule has 1 aromatic heterocycles. The van der Waals surface area contributed by atoms with Crippen LogP contribution >= 0.6 is 22.9 Å². The average molecular weight is 297 g/mol. The van der Waals surface area contributed by atoms with E-state index in [0.29, 0.717) is 20.5 Å². The first-order valence-electron chi connectivity index (χ1n) is 5.29. The van der Waals surface area contributed by atoms with E-state index in [2.05, 4.69) is 5.32 Å². The van der Waals surface area contributed by atoms with Crippen molar-refractivity contribution in [1.82, 2.24) is 0 Å². The van der Waals surface area contributed by atoms with Gasteiger partial charge >= 0.3 is 0 Å². The molecule has 0 unspecified atom stereocenters. The summed E-state index contributed by atoms with van der Waals surface area (Å²) < 4.78 is 0.515. The molecule has 1 amide bonds. The second-order valence-corrected chi connectivity index (χ2v) is 5.48. The summed E-state index contributed by atoms with van der Waals surface area (Å²) in [6, 6.07) is 7.78. The van der Waals surface area contributed by atoms with Crippen LogP contribution in [-0.4, -0.2) is 10.8 Å². The number of rotatable bonds is 3. The average Bonchev–Trinajstić information content (AvgIpc) is 2.78. The van der Waals surface area contributed by atoms with E-state index in [-0.39, 0.29) is 11.6 Å². The first-order chi connectivity index (χ1) is 8.99. The number of halogens is 1. The van der Waals surface area contributed by atoms with Crippen LogP contribution in [-0.2, 0) is 0 Å². The van der Waals surface area contributed by atoms with Crippen LogP contribution in [0, 0.1) is 17.0 Å². The fourth-order valence-electron chi connectivity index (χ4n) is 1.58. The summed E-state index contributed by atoms with van der Waals surface area (Å²) >= 11 is 6.91. The van der Waals surface area contributed by atoms with Gasteiger partial charge in [-0.2, -0.15) is 0 Å². The summed E-state index contributed by atoms with van der Waals surface area (Å²) in [5, 5.41) is 13.5. The van der Waals surface area contributed by atoms with Crippen molar-refractivity contribution >= 4 is 40.2 Å². The minimum atomic E-state index is -0.479. The maximum Gasteiger partial charge on any atom is 0.274 e. The molecule has 0 radical (unpaired) electrons. The summed E-state index contributed by atoms with van der Waals surface area (Å²) in [4.78, 5) is 22.7. The molecule has 7 heteroatoms. The maximum atomic E-state index is 11.9. The lowest BCUT2D eigenvalue weighted by atomic mass is 10.1. The highest BCUT2D eigenvalue weighted by Gasteiger charge is 2.16. The Morgan fingerprint density at radius 3 is 2.68 bits per heavy atom. The zero-order valence-electron chi connectivity index (χ0n) is 9.84. The van der Waals surface area contributed by atoms with Crippen molar-refractivity contribution in [2.75, 3.05) is 5.32 Å². The Morgan fingerprint density at radius 2 is 2.11 bits per heavy atom. The van der Waals surface area contributed by atoms with E-state index in [1.54, 1.807) is 25.1 Å². The fraction of sp³-hybridized carbons (Fsp3) is 0.0833. The van der Waals surface area contributed by atoms with Gasteiger partial charge in [0.15, 0.2) is 0 Å². The molecule has 0 fully saturated rings. The number of hydrogen-bond acceptors (Lipinski definition) is 4. The highest BCUT2D eigenvalue weighted by atomic mass is 35.5. The summed E-state index contributed by atoms with van der Waals surface area (Å²) in [5.41, 5.74) is 0.814. The highest BCUT2D eigenvalue weighted by molar-refractivity contribution is 7.18. The highest BCUT2D eigenvalue weighted by Crippen LogP contribution is 2.27. The predicted molar refractivity (Wildman–Crippen MR) is 75.1 cm³/mol. The third-order valence-corrected chi connectivity index (χ3v) is 3.78. The Hall–Kier alpha value is -1.92.